The standard InChI is InChI=1S/C18H17F3N4O2/c1-24-15-5-6-22-10-14(15)23-17(24)25-7-8-26-16(11-25)12-3-2-4-13(9-12)27-18(19,20)21/h2-6,9-10,16H,7-8,11H2,1H3. The number of halogens is 3. The maximum Gasteiger partial charge on any atom is 0.573 e. The fourth-order valence-corrected chi connectivity index (χ4v) is 3.27. The topological polar surface area (TPSA) is 52.4 Å². The third kappa shape index (κ3) is 3.68. The molecule has 142 valence electrons. The molecule has 0 N–H and O–H groups in total. The third-order valence-electron chi connectivity index (χ3n) is 4.47. The van der Waals surface area contributed by atoms with Crippen LogP contribution in [-0.2, 0) is 11.8 Å². The molecule has 0 saturated carbocycles. The number of imidazole rings is 1. The summed E-state index contributed by atoms with van der Waals surface area (Å²) in [5.74, 6) is 0.517. The number of fused-ring (bicyclic) bond motifs is 1. The van der Waals surface area contributed by atoms with Crippen molar-refractivity contribution in [2.24, 2.45) is 7.05 Å². The first-order valence-electron chi connectivity index (χ1n) is 8.39. The van der Waals surface area contributed by atoms with Gasteiger partial charge in [0.05, 0.1) is 24.9 Å². The molecule has 9 heteroatoms. The van der Waals surface area contributed by atoms with Crippen LogP contribution in [0, 0.1) is 0 Å². The number of anilines is 1. The number of nitrogens with zero attached hydrogens (tertiary/aromatic N) is 4. The molecule has 1 atom stereocenters. The van der Waals surface area contributed by atoms with Gasteiger partial charge in [0.2, 0.25) is 5.95 Å². The van der Waals surface area contributed by atoms with E-state index in [0.717, 1.165) is 17.0 Å². The smallest absolute Gasteiger partial charge is 0.406 e. The Morgan fingerprint density at radius 3 is 2.89 bits per heavy atom. The third-order valence-corrected chi connectivity index (χ3v) is 4.47. The fourth-order valence-electron chi connectivity index (χ4n) is 3.27. The van der Waals surface area contributed by atoms with Crippen molar-refractivity contribution in [2.45, 2.75) is 12.5 Å². The van der Waals surface area contributed by atoms with Crippen LogP contribution in [0.3, 0.4) is 0 Å². The first-order valence-corrected chi connectivity index (χ1v) is 8.39. The zero-order chi connectivity index (χ0) is 19.0. The van der Waals surface area contributed by atoms with Crippen LogP contribution in [0.2, 0.25) is 0 Å². The fraction of sp³-hybridized carbons (Fsp3) is 0.333. The Kier molecular flexibility index (Phi) is 4.39. The van der Waals surface area contributed by atoms with Crippen molar-refractivity contribution in [1.82, 2.24) is 14.5 Å². The molecule has 27 heavy (non-hydrogen) atoms. The SMILES string of the molecule is Cn1c(N2CCOC(c3cccc(OC(F)(F)F)c3)C2)nc2cnccc21. The summed E-state index contributed by atoms with van der Waals surface area (Å²) in [6.45, 7) is 1.55. The minimum absolute atomic E-state index is 0.255. The van der Waals surface area contributed by atoms with Crippen LogP contribution in [0.25, 0.3) is 11.0 Å². The Balaban J connectivity index is 1.58. The first kappa shape index (κ1) is 17.6. The van der Waals surface area contributed by atoms with Gasteiger partial charge in [-0.25, -0.2) is 4.98 Å². The van der Waals surface area contributed by atoms with E-state index >= 15 is 0 Å². The molecule has 0 radical (unpaired) electrons. The van der Waals surface area contributed by atoms with E-state index in [-0.39, 0.29) is 11.9 Å². The highest BCUT2D eigenvalue weighted by atomic mass is 19.4. The lowest BCUT2D eigenvalue weighted by Crippen LogP contribution is -2.39. The van der Waals surface area contributed by atoms with E-state index < -0.39 is 6.36 Å². The van der Waals surface area contributed by atoms with E-state index in [2.05, 4.69) is 19.6 Å². The molecule has 1 aromatic carbocycles. The molecule has 0 aliphatic carbocycles. The Hall–Kier alpha value is -2.81. The quantitative estimate of drug-likeness (QED) is 0.699. The van der Waals surface area contributed by atoms with Gasteiger partial charge in [-0.15, -0.1) is 13.2 Å². The van der Waals surface area contributed by atoms with Gasteiger partial charge >= 0.3 is 6.36 Å². The largest absolute Gasteiger partial charge is 0.573 e. The minimum Gasteiger partial charge on any atom is -0.406 e. The van der Waals surface area contributed by atoms with E-state index in [1.165, 1.54) is 18.2 Å². The molecular weight excluding hydrogens is 361 g/mol. The number of ether oxygens (including phenoxy) is 2. The molecule has 3 heterocycles. The van der Waals surface area contributed by atoms with Crippen LogP contribution in [0.4, 0.5) is 19.1 Å². The van der Waals surface area contributed by atoms with E-state index in [4.69, 9.17) is 4.74 Å². The van der Waals surface area contributed by atoms with Crippen molar-refractivity contribution in [3.8, 4) is 5.75 Å². The molecule has 1 saturated heterocycles. The summed E-state index contributed by atoms with van der Waals surface area (Å²) >= 11 is 0. The molecule has 6 nitrogen and oxygen atoms in total. The number of hydrogen-bond donors (Lipinski definition) is 0. The van der Waals surface area contributed by atoms with Gasteiger partial charge in [-0.2, -0.15) is 0 Å². The van der Waals surface area contributed by atoms with Crippen molar-refractivity contribution in [3.63, 3.8) is 0 Å². The van der Waals surface area contributed by atoms with E-state index in [0.29, 0.717) is 25.3 Å². The number of benzene rings is 1. The Bertz CT molecular complexity index is 957. The average molecular weight is 378 g/mol. The van der Waals surface area contributed by atoms with Crippen molar-refractivity contribution in [1.29, 1.82) is 0 Å². The highest BCUT2D eigenvalue weighted by molar-refractivity contribution is 5.77. The second kappa shape index (κ2) is 6.73. The summed E-state index contributed by atoms with van der Waals surface area (Å²) in [6.07, 6.45) is -1.69. The average Bonchev–Trinajstić information content (AvgIpc) is 2.98. The molecule has 3 aromatic rings. The zero-order valence-electron chi connectivity index (χ0n) is 14.5. The minimum atomic E-state index is -4.72. The van der Waals surface area contributed by atoms with Gasteiger partial charge in [-0.3, -0.25) is 4.98 Å². The summed E-state index contributed by atoms with van der Waals surface area (Å²) in [5.41, 5.74) is 2.38. The summed E-state index contributed by atoms with van der Waals surface area (Å²) < 4.78 is 49.2. The highest BCUT2D eigenvalue weighted by Crippen LogP contribution is 2.30. The predicted molar refractivity (Wildman–Crippen MR) is 92.5 cm³/mol. The van der Waals surface area contributed by atoms with E-state index in [1.54, 1.807) is 18.5 Å². The monoisotopic (exact) mass is 378 g/mol. The molecule has 1 aliphatic heterocycles. The highest BCUT2D eigenvalue weighted by Gasteiger charge is 2.32. The maximum atomic E-state index is 12.5. The Labute approximate surface area is 153 Å². The maximum absolute atomic E-state index is 12.5. The number of alkyl halides is 3. The Morgan fingerprint density at radius 2 is 2.11 bits per heavy atom. The van der Waals surface area contributed by atoms with Crippen molar-refractivity contribution >= 4 is 17.0 Å². The first-order chi connectivity index (χ1) is 12.9. The lowest BCUT2D eigenvalue weighted by molar-refractivity contribution is -0.274. The number of aryl methyl sites for hydroxylation is 1. The van der Waals surface area contributed by atoms with Crippen molar-refractivity contribution in [3.05, 3.63) is 48.3 Å². The van der Waals surface area contributed by atoms with E-state index in [9.17, 15) is 13.2 Å². The zero-order valence-corrected chi connectivity index (χ0v) is 14.5. The van der Waals surface area contributed by atoms with Gasteiger partial charge in [-0.1, -0.05) is 12.1 Å². The Morgan fingerprint density at radius 1 is 1.26 bits per heavy atom. The van der Waals surface area contributed by atoms with Crippen LogP contribution in [-0.4, -0.2) is 40.6 Å². The molecule has 0 spiro atoms. The van der Waals surface area contributed by atoms with Gasteiger partial charge in [0, 0.05) is 19.8 Å². The lowest BCUT2D eigenvalue weighted by Gasteiger charge is -2.34. The summed E-state index contributed by atoms with van der Waals surface area (Å²) in [7, 11) is 1.92. The van der Waals surface area contributed by atoms with Crippen LogP contribution >= 0.6 is 0 Å². The number of pyridine rings is 1. The molecule has 2 aromatic heterocycles. The second-order valence-electron chi connectivity index (χ2n) is 6.26. The van der Waals surface area contributed by atoms with Crippen molar-refractivity contribution in [2.75, 3.05) is 24.6 Å². The van der Waals surface area contributed by atoms with Gasteiger partial charge in [0.25, 0.3) is 0 Å². The summed E-state index contributed by atoms with van der Waals surface area (Å²) in [4.78, 5) is 10.8. The van der Waals surface area contributed by atoms with Crippen LogP contribution < -0.4 is 9.64 Å². The number of hydrogen-bond acceptors (Lipinski definition) is 5. The van der Waals surface area contributed by atoms with E-state index in [1.807, 2.05) is 17.7 Å². The summed E-state index contributed by atoms with van der Waals surface area (Å²) in [6, 6.07) is 7.79. The van der Waals surface area contributed by atoms with Gasteiger partial charge < -0.3 is 18.9 Å². The number of rotatable bonds is 3. The molecule has 4 rings (SSSR count). The summed E-state index contributed by atoms with van der Waals surface area (Å²) in [5, 5.41) is 0. The second-order valence-corrected chi connectivity index (χ2v) is 6.26. The molecule has 1 aliphatic rings. The lowest BCUT2D eigenvalue weighted by atomic mass is 10.1. The molecule has 1 unspecified atom stereocenters. The van der Waals surface area contributed by atoms with Crippen LogP contribution in [0.1, 0.15) is 11.7 Å². The molecular formula is C18H17F3N4O2. The number of aromatic nitrogens is 3. The van der Waals surface area contributed by atoms with Crippen molar-refractivity contribution < 1.29 is 22.6 Å². The molecule has 0 amide bonds. The molecule has 1 fully saturated rings. The van der Waals surface area contributed by atoms with Crippen LogP contribution in [0.5, 0.6) is 5.75 Å². The van der Waals surface area contributed by atoms with Crippen LogP contribution in [0.15, 0.2) is 42.7 Å². The predicted octanol–water partition coefficient (Wildman–Crippen LogP) is 3.44. The normalized spacial score (nSPS) is 18.1. The van der Waals surface area contributed by atoms with Gasteiger partial charge in [-0.05, 0) is 23.8 Å². The van der Waals surface area contributed by atoms with Gasteiger partial charge in [0.15, 0.2) is 0 Å². The van der Waals surface area contributed by atoms with Gasteiger partial charge in [0.1, 0.15) is 17.4 Å². The number of morpholine rings is 1. The molecule has 0 bridgehead atoms.